The average molecular weight is 273 g/mol. The number of hydrogen-bond donors (Lipinski definition) is 0. The molecular weight excluding hydrogens is 257 g/mol. The van der Waals surface area contributed by atoms with Crippen LogP contribution in [0.2, 0.25) is 0 Å². The van der Waals surface area contributed by atoms with E-state index >= 15 is 0 Å². The van der Waals surface area contributed by atoms with E-state index in [9.17, 15) is 22.0 Å². The third-order valence-electron chi connectivity index (χ3n) is 2.61. The Morgan fingerprint density at radius 1 is 1.22 bits per heavy atom. The highest BCUT2D eigenvalue weighted by Crippen LogP contribution is 2.42. The summed E-state index contributed by atoms with van der Waals surface area (Å²) in [6.07, 6.45) is -6.18. The van der Waals surface area contributed by atoms with Gasteiger partial charge in [0, 0.05) is 12.6 Å². The molecule has 0 bridgehead atoms. The van der Waals surface area contributed by atoms with Crippen LogP contribution >= 0.6 is 0 Å². The Morgan fingerprint density at radius 2 is 1.78 bits per heavy atom. The van der Waals surface area contributed by atoms with Crippen molar-refractivity contribution in [3.63, 3.8) is 0 Å². The van der Waals surface area contributed by atoms with Crippen molar-refractivity contribution in [3.05, 3.63) is 0 Å². The van der Waals surface area contributed by atoms with Crippen LogP contribution in [0.1, 0.15) is 27.2 Å². The first-order valence-corrected chi connectivity index (χ1v) is 5.65. The molecular formula is C10H16F5N3. The van der Waals surface area contributed by atoms with Crippen LogP contribution in [0.25, 0.3) is 0 Å². The van der Waals surface area contributed by atoms with Gasteiger partial charge in [-0.3, -0.25) is 5.01 Å². The second-order valence-corrected chi connectivity index (χ2v) is 4.44. The van der Waals surface area contributed by atoms with Gasteiger partial charge in [-0.05, 0) is 20.3 Å². The smallest absolute Gasteiger partial charge is 0.334 e. The van der Waals surface area contributed by atoms with Gasteiger partial charge in [0.2, 0.25) is 0 Å². The highest BCUT2D eigenvalue weighted by molar-refractivity contribution is 5.57. The van der Waals surface area contributed by atoms with Gasteiger partial charge in [0.15, 0.2) is 6.17 Å². The van der Waals surface area contributed by atoms with E-state index in [1.807, 2.05) is 0 Å². The molecule has 1 rings (SSSR count). The lowest BCUT2D eigenvalue weighted by molar-refractivity contribution is -0.315. The lowest BCUT2D eigenvalue weighted by Crippen LogP contribution is -2.60. The Labute approximate surface area is 102 Å². The molecule has 1 unspecified atom stereocenters. The first-order valence-electron chi connectivity index (χ1n) is 5.65. The van der Waals surface area contributed by atoms with Crippen LogP contribution in [-0.2, 0) is 0 Å². The van der Waals surface area contributed by atoms with Crippen LogP contribution in [0.4, 0.5) is 22.0 Å². The maximum absolute atomic E-state index is 13.5. The molecule has 0 spiro atoms. The zero-order chi connectivity index (χ0) is 14.1. The topological polar surface area (TPSA) is 18.8 Å². The van der Waals surface area contributed by atoms with E-state index in [-0.39, 0.29) is 6.54 Å². The van der Waals surface area contributed by atoms with Crippen molar-refractivity contribution in [1.29, 1.82) is 0 Å². The highest BCUT2D eigenvalue weighted by Gasteiger charge is 2.66. The number of nitrogens with zero attached hydrogens (tertiary/aromatic N) is 3. The van der Waals surface area contributed by atoms with E-state index < -0.39 is 24.3 Å². The van der Waals surface area contributed by atoms with E-state index in [1.54, 1.807) is 6.92 Å². The molecule has 0 N–H and O–H groups in total. The monoisotopic (exact) mass is 273 g/mol. The average Bonchev–Trinajstić information content (AvgIpc) is 2.60. The van der Waals surface area contributed by atoms with Crippen LogP contribution in [0.5, 0.6) is 0 Å². The summed E-state index contributed by atoms with van der Waals surface area (Å²) in [5, 5.41) is 4.45. The summed E-state index contributed by atoms with van der Waals surface area (Å²) in [6, 6.07) is -0.540. The Kier molecular flexibility index (Phi) is 4.07. The van der Waals surface area contributed by atoms with E-state index in [2.05, 4.69) is 5.10 Å². The fourth-order valence-corrected chi connectivity index (χ4v) is 1.78. The Balaban J connectivity index is 3.06. The van der Waals surface area contributed by atoms with E-state index in [0.29, 0.717) is 6.42 Å². The number of rotatable bonds is 4. The van der Waals surface area contributed by atoms with Crippen molar-refractivity contribution in [2.45, 2.75) is 51.5 Å². The summed E-state index contributed by atoms with van der Waals surface area (Å²) in [6.45, 7) is 4.84. The minimum atomic E-state index is -5.59. The number of halogens is 5. The molecule has 1 atom stereocenters. The van der Waals surface area contributed by atoms with Crippen molar-refractivity contribution < 1.29 is 22.0 Å². The lowest BCUT2D eigenvalue weighted by Gasteiger charge is -2.38. The Bertz CT molecular complexity index is 313. The summed E-state index contributed by atoms with van der Waals surface area (Å²) in [5.41, 5.74) is 0. The molecule has 0 saturated carbocycles. The van der Waals surface area contributed by atoms with Gasteiger partial charge in [0.05, 0.1) is 0 Å². The predicted octanol–water partition coefficient (Wildman–Crippen LogP) is 2.89. The fourth-order valence-electron chi connectivity index (χ4n) is 1.78. The summed E-state index contributed by atoms with van der Waals surface area (Å²) in [4.78, 5) is 0.938. The zero-order valence-corrected chi connectivity index (χ0v) is 10.4. The molecule has 1 aliphatic rings. The van der Waals surface area contributed by atoms with Gasteiger partial charge >= 0.3 is 12.1 Å². The number of alkyl halides is 5. The van der Waals surface area contributed by atoms with Crippen molar-refractivity contribution in [2.75, 3.05) is 6.54 Å². The highest BCUT2D eigenvalue weighted by atomic mass is 19.4. The van der Waals surface area contributed by atoms with E-state index in [1.165, 1.54) is 13.8 Å². The first kappa shape index (κ1) is 15.0. The molecule has 0 aromatic carbocycles. The van der Waals surface area contributed by atoms with Crippen LogP contribution in [0.15, 0.2) is 5.10 Å². The lowest BCUT2D eigenvalue weighted by atomic mass is 10.2. The summed E-state index contributed by atoms with van der Waals surface area (Å²) in [7, 11) is 0. The van der Waals surface area contributed by atoms with Gasteiger partial charge in [-0.15, -0.1) is 0 Å². The molecule has 0 radical (unpaired) electrons. The van der Waals surface area contributed by atoms with Crippen molar-refractivity contribution in [3.8, 4) is 0 Å². The molecule has 106 valence electrons. The standard InChI is InChI=1S/C10H16F5N3/c1-4-5-17-6-16-18(7(2)3)8(17)9(11,12)10(13,14)15/h6-8H,4-5H2,1-3H3. The van der Waals surface area contributed by atoms with Gasteiger partial charge in [-0.1, -0.05) is 6.92 Å². The molecule has 0 saturated heterocycles. The quantitative estimate of drug-likeness (QED) is 0.733. The van der Waals surface area contributed by atoms with E-state index in [0.717, 1.165) is 16.2 Å². The molecule has 8 heteroatoms. The van der Waals surface area contributed by atoms with Crippen LogP contribution in [0.3, 0.4) is 0 Å². The molecule has 18 heavy (non-hydrogen) atoms. The Morgan fingerprint density at radius 3 is 2.17 bits per heavy atom. The van der Waals surface area contributed by atoms with Crippen LogP contribution < -0.4 is 0 Å². The number of hydrogen-bond acceptors (Lipinski definition) is 3. The van der Waals surface area contributed by atoms with Crippen LogP contribution in [0, 0.1) is 0 Å². The minimum absolute atomic E-state index is 0.100. The van der Waals surface area contributed by atoms with Gasteiger partial charge in [-0.25, -0.2) is 0 Å². The summed E-state index contributed by atoms with van der Waals surface area (Å²) < 4.78 is 64.5. The minimum Gasteiger partial charge on any atom is -0.334 e. The summed E-state index contributed by atoms with van der Waals surface area (Å²) >= 11 is 0. The number of hydrazone groups is 1. The van der Waals surface area contributed by atoms with Gasteiger partial charge in [0.1, 0.15) is 6.34 Å². The zero-order valence-electron chi connectivity index (χ0n) is 10.4. The maximum atomic E-state index is 13.5. The second-order valence-electron chi connectivity index (χ2n) is 4.44. The molecule has 0 aliphatic carbocycles. The molecule has 1 aliphatic heterocycles. The first-order chi connectivity index (χ1) is 8.13. The fraction of sp³-hybridized carbons (Fsp3) is 0.900. The van der Waals surface area contributed by atoms with Gasteiger partial charge < -0.3 is 4.90 Å². The molecule has 0 aromatic heterocycles. The second kappa shape index (κ2) is 4.89. The third kappa shape index (κ3) is 2.51. The molecule has 1 heterocycles. The maximum Gasteiger partial charge on any atom is 0.457 e. The van der Waals surface area contributed by atoms with Gasteiger partial charge in [-0.2, -0.15) is 27.1 Å². The SMILES string of the molecule is CCCN1C=NN(C(C)C)C1C(F)(F)C(F)(F)F. The third-order valence-corrected chi connectivity index (χ3v) is 2.61. The van der Waals surface area contributed by atoms with Crippen LogP contribution in [-0.4, -0.2) is 47.1 Å². The molecule has 0 aromatic rings. The Hall–Kier alpha value is -1.08. The van der Waals surface area contributed by atoms with Gasteiger partial charge in [0.25, 0.3) is 0 Å². The molecule has 3 nitrogen and oxygen atoms in total. The molecule has 0 amide bonds. The predicted molar refractivity (Wildman–Crippen MR) is 57.3 cm³/mol. The normalized spacial score (nSPS) is 21.3. The van der Waals surface area contributed by atoms with E-state index in [4.69, 9.17) is 0 Å². The molecule has 0 fully saturated rings. The van der Waals surface area contributed by atoms with Crippen molar-refractivity contribution in [1.82, 2.24) is 9.91 Å². The van der Waals surface area contributed by atoms with Crippen molar-refractivity contribution >= 4 is 6.34 Å². The van der Waals surface area contributed by atoms with Crippen molar-refractivity contribution in [2.24, 2.45) is 5.10 Å². The summed E-state index contributed by atoms with van der Waals surface area (Å²) in [5.74, 6) is -4.83. The largest absolute Gasteiger partial charge is 0.457 e.